The minimum atomic E-state index is -0.567. The number of nitrogens with one attached hydrogen (secondary N) is 1. The first kappa shape index (κ1) is 16.9. The Balaban J connectivity index is 1.50. The summed E-state index contributed by atoms with van der Waals surface area (Å²) in [6, 6.07) is 7.68. The highest BCUT2D eigenvalue weighted by Crippen LogP contribution is 2.34. The van der Waals surface area contributed by atoms with E-state index in [0.717, 1.165) is 43.8 Å². The molecule has 1 saturated heterocycles. The molecule has 25 heavy (non-hydrogen) atoms. The molecule has 0 aromatic heterocycles. The first-order valence-corrected chi connectivity index (χ1v) is 9.64. The fourth-order valence-corrected chi connectivity index (χ4v) is 4.55. The summed E-state index contributed by atoms with van der Waals surface area (Å²) in [5.74, 6) is 0.739. The zero-order chi connectivity index (χ0) is 17.1. The third kappa shape index (κ3) is 3.67. The van der Waals surface area contributed by atoms with Gasteiger partial charge in [-0.05, 0) is 44.8 Å². The summed E-state index contributed by atoms with van der Waals surface area (Å²) in [6.07, 6.45) is 7.79. The van der Waals surface area contributed by atoms with Crippen LogP contribution in [0.4, 0.5) is 0 Å². The largest absolute Gasteiger partial charge is 0.467 e. The molecule has 1 aromatic rings. The molecule has 1 atom stereocenters. The number of para-hydroxylation sites is 1. The van der Waals surface area contributed by atoms with Crippen molar-refractivity contribution in [3.8, 4) is 5.75 Å². The molecule has 4 rings (SSSR count). The number of likely N-dealkylation sites (tertiary alicyclic amines) is 1. The van der Waals surface area contributed by atoms with Gasteiger partial charge in [0, 0.05) is 12.1 Å². The van der Waals surface area contributed by atoms with Crippen molar-refractivity contribution in [3.05, 3.63) is 29.8 Å². The van der Waals surface area contributed by atoms with Crippen LogP contribution in [0.2, 0.25) is 0 Å². The Labute approximate surface area is 149 Å². The number of ether oxygens (including phenoxy) is 2. The number of hydrogen-bond acceptors (Lipinski definition) is 4. The average molecular weight is 344 g/mol. The van der Waals surface area contributed by atoms with Crippen LogP contribution in [0.25, 0.3) is 0 Å². The molecule has 0 unspecified atom stereocenters. The number of fused-ring (bicyclic) bond motifs is 1. The molecule has 0 radical (unpaired) electrons. The van der Waals surface area contributed by atoms with Crippen LogP contribution >= 0.6 is 0 Å². The van der Waals surface area contributed by atoms with Gasteiger partial charge in [-0.2, -0.15) is 0 Å². The number of nitrogens with zero attached hydrogens (tertiary/aromatic N) is 1. The van der Waals surface area contributed by atoms with Crippen molar-refractivity contribution in [1.82, 2.24) is 10.2 Å². The lowest BCUT2D eigenvalue weighted by Crippen LogP contribution is -2.57. The van der Waals surface area contributed by atoms with Crippen molar-refractivity contribution in [2.24, 2.45) is 0 Å². The van der Waals surface area contributed by atoms with Crippen molar-refractivity contribution < 1.29 is 14.3 Å². The number of hydrogen-bond donors (Lipinski definition) is 1. The molecule has 5 nitrogen and oxygen atoms in total. The Kier molecular flexibility index (Phi) is 4.95. The third-order valence-corrected chi connectivity index (χ3v) is 5.81. The lowest BCUT2D eigenvalue weighted by Gasteiger charge is -2.42. The number of benzene rings is 1. The van der Waals surface area contributed by atoms with Gasteiger partial charge in [0.05, 0.1) is 5.54 Å². The molecule has 2 heterocycles. The summed E-state index contributed by atoms with van der Waals surface area (Å²) >= 11 is 0. The van der Waals surface area contributed by atoms with Crippen LogP contribution in [0.1, 0.15) is 56.6 Å². The maximum Gasteiger partial charge on any atom is 0.254 e. The Bertz CT molecular complexity index is 607. The lowest BCUT2D eigenvalue weighted by molar-refractivity contribution is -0.144. The lowest BCUT2D eigenvalue weighted by atomic mass is 9.81. The summed E-state index contributed by atoms with van der Waals surface area (Å²) in [5.41, 5.74) is 0.731. The smallest absolute Gasteiger partial charge is 0.254 e. The molecule has 0 spiro atoms. The molecular weight excluding hydrogens is 316 g/mol. The van der Waals surface area contributed by atoms with Crippen molar-refractivity contribution in [1.29, 1.82) is 0 Å². The van der Waals surface area contributed by atoms with Crippen LogP contribution in [0.15, 0.2) is 24.3 Å². The first-order valence-electron chi connectivity index (χ1n) is 9.64. The standard InChI is InChI=1S/C20H28N2O3/c23-19(18-16-8-2-3-9-17(16)24-15-25-18)21-20(10-4-1-5-11-20)14-22-12-6-7-13-22/h2-3,8-9,18H,1,4-7,10-15H2,(H,21,23)/t18-/m0/s1. The van der Waals surface area contributed by atoms with Crippen LogP contribution < -0.4 is 10.1 Å². The zero-order valence-corrected chi connectivity index (χ0v) is 14.8. The van der Waals surface area contributed by atoms with Gasteiger partial charge in [0.15, 0.2) is 12.9 Å². The van der Waals surface area contributed by atoms with Crippen molar-refractivity contribution in [2.45, 2.75) is 56.6 Å². The van der Waals surface area contributed by atoms with Gasteiger partial charge in [-0.25, -0.2) is 0 Å². The first-order chi connectivity index (χ1) is 12.3. The highest BCUT2D eigenvalue weighted by atomic mass is 16.7. The normalized spacial score (nSPS) is 25.8. The van der Waals surface area contributed by atoms with Gasteiger partial charge in [0.2, 0.25) is 0 Å². The topological polar surface area (TPSA) is 50.8 Å². The highest BCUT2D eigenvalue weighted by Gasteiger charge is 2.39. The molecule has 1 amide bonds. The van der Waals surface area contributed by atoms with Gasteiger partial charge in [0.1, 0.15) is 5.75 Å². The molecule has 1 aromatic carbocycles. The number of carbonyl (C=O) groups excluding carboxylic acids is 1. The second kappa shape index (κ2) is 7.34. The van der Waals surface area contributed by atoms with E-state index in [1.165, 1.54) is 32.1 Å². The number of amides is 1. The van der Waals surface area contributed by atoms with Crippen LogP contribution in [-0.4, -0.2) is 42.8 Å². The van der Waals surface area contributed by atoms with Gasteiger partial charge >= 0.3 is 0 Å². The van der Waals surface area contributed by atoms with E-state index in [9.17, 15) is 4.79 Å². The van der Waals surface area contributed by atoms with E-state index in [-0.39, 0.29) is 18.2 Å². The third-order valence-electron chi connectivity index (χ3n) is 5.81. The molecule has 2 aliphatic heterocycles. The van der Waals surface area contributed by atoms with Crippen molar-refractivity contribution in [3.63, 3.8) is 0 Å². The summed E-state index contributed by atoms with van der Waals surface area (Å²) in [4.78, 5) is 15.6. The van der Waals surface area contributed by atoms with E-state index in [0.29, 0.717) is 0 Å². The Morgan fingerprint density at radius 1 is 1.12 bits per heavy atom. The fourth-order valence-electron chi connectivity index (χ4n) is 4.55. The second-order valence-electron chi connectivity index (χ2n) is 7.66. The molecule has 3 aliphatic rings. The van der Waals surface area contributed by atoms with E-state index in [4.69, 9.17) is 9.47 Å². The van der Waals surface area contributed by atoms with E-state index in [1.807, 2.05) is 24.3 Å². The van der Waals surface area contributed by atoms with Gasteiger partial charge in [-0.3, -0.25) is 4.79 Å². The molecule has 2 fully saturated rings. The summed E-state index contributed by atoms with van der Waals surface area (Å²) in [7, 11) is 0. The minimum absolute atomic E-state index is 0.0168. The van der Waals surface area contributed by atoms with Crippen LogP contribution in [0.3, 0.4) is 0 Å². The Morgan fingerprint density at radius 2 is 1.88 bits per heavy atom. The molecule has 1 N–H and O–H groups in total. The summed E-state index contributed by atoms with van der Waals surface area (Å²) < 4.78 is 11.2. The predicted octanol–water partition coefficient (Wildman–Crippen LogP) is 3.01. The maximum atomic E-state index is 13.1. The SMILES string of the molecule is O=C(NC1(CN2CCCC2)CCCCC1)[C@H]1OCOc2ccccc21. The molecule has 5 heteroatoms. The summed E-state index contributed by atoms with van der Waals surface area (Å²) in [6.45, 7) is 3.43. The van der Waals surface area contributed by atoms with E-state index in [2.05, 4.69) is 10.2 Å². The molecule has 136 valence electrons. The van der Waals surface area contributed by atoms with Crippen molar-refractivity contribution >= 4 is 5.91 Å². The Morgan fingerprint density at radius 3 is 2.68 bits per heavy atom. The van der Waals surface area contributed by atoms with Gasteiger partial charge in [0.25, 0.3) is 5.91 Å². The second-order valence-corrected chi connectivity index (χ2v) is 7.66. The monoisotopic (exact) mass is 344 g/mol. The number of rotatable bonds is 4. The van der Waals surface area contributed by atoms with Crippen LogP contribution in [0.5, 0.6) is 5.75 Å². The highest BCUT2D eigenvalue weighted by molar-refractivity contribution is 5.84. The molecular formula is C20H28N2O3. The summed E-state index contributed by atoms with van der Waals surface area (Å²) in [5, 5.41) is 3.41. The average Bonchev–Trinajstić information content (AvgIpc) is 3.14. The quantitative estimate of drug-likeness (QED) is 0.912. The molecule has 0 bridgehead atoms. The zero-order valence-electron chi connectivity index (χ0n) is 14.8. The van der Waals surface area contributed by atoms with Gasteiger partial charge in [-0.1, -0.05) is 37.5 Å². The number of carbonyl (C=O) groups is 1. The Hall–Kier alpha value is -1.59. The van der Waals surface area contributed by atoms with E-state index in [1.54, 1.807) is 0 Å². The predicted molar refractivity (Wildman–Crippen MR) is 95.4 cm³/mol. The van der Waals surface area contributed by atoms with E-state index >= 15 is 0 Å². The van der Waals surface area contributed by atoms with Gasteiger partial charge in [-0.15, -0.1) is 0 Å². The molecule has 1 saturated carbocycles. The van der Waals surface area contributed by atoms with Crippen LogP contribution in [0, 0.1) is 0 Å². The van der Waals surface area contributed by atoms with E-state index < -0.39 is 6.10 Å². The minimum Gasteiger partial charge on any atom is -0.467 e. The van der Waals surface area contributed by atoms with Crippen molar-refractivity contribution in [2.75, 3.05) is 26.4 Å². The maximum absolute atomic E-state index is 13.1. The molecule has 1 aliphatic carbocycles. The van der Waals surface area contributed by atoms with Crippen LogP contribution in [-0.2, 0) is 9.53 Å². The fraction of sp³-hybridized carbons (Fsp3) is 0.650. The van der Waals surface area contributed by atoms with Gasteiger partial charge < -0.3 is 19.7 Å².